The minimum Gasteiger partial charge on any atom is -0.322 e. The minimum absolute atomic E-state index is 0.0465. The molecule has 2 aromatic rings. The third-order valence-corrected chi connectivity index (χ3v) is 3.04. The maximum absolute atomic E-state index is 12.3. The lowest BCUT2D eigenvalue weighted by Crippen LogP contribution is -2.23. The van der Waals surface area contributed by atoms with E-state index in [-0.39, 0.29) is 16.9 Å². The van der Waals surface area contributed by atoms with E-state index >= 15 is 0 Å². The Morgan fingerprint density at radius 3 is 2.14 bits per heavy atom. The van der Waals surface area contributed by atoms with Crippen molar-refractivity contribution in [3.63, 3.8) is 0 Å². The van der Waals surface area contributed by atoms with E-state index in [1.807, 2.05) is 0 Å². The summed E-state index contributed by atoms with van der Waals surface area (Å²) in [5.74, 6) is -1.40. The molecule has 22 heavy (non-hydrogen) atoms. The highest BCUT2D eigenvalue weighted by Crippen LogP contribution is 2.15. The van der Waals surface area contributed by atoms with Crippen LogP contribution in [0.5, 0.6) is 0 Å². The van der Waals surface area contributed by atoms with Gasteiger partial charge in [0.1, 0.15) is 0 Å². The maximum atomic E-state index is 12.3. The zero-order chi connectivity index (χ0) is 16.1. The highest BCUT2D eigenvalue weighted by molar-refractivity contribution is 6.12. The second kappa shape index (κ2) is 6.64. The molecule has 0 radical (unpaired) electrons. The highest BCUT2D eigenvalue weighted by Gasteiger charge is 2.16. The number of rotatable bonds is 4. The fourth-order valence-corrected chi connectivity index (χ4v) is 1.95. The fraction of sp³-hybridized carbons (Fsp3) is 0.0625. The molecule has 0 spiro atoms. The number of amides is 2. The van der Waals surface area contributed by atoms with Crippen LogP contribution >= 0.6 is 0 Å². The minimum atomic E-state index is -0.775. The second-order valence-electron chi connectivity index (χ2n) is 4.58. The number of carbonyl (C=O) groups is 3. The molecular weight excluding hydrogens is 284 g/mol. The van der Waals surface area contributed by atoms with Crippen LogP contribution in [-0.2, 0) is 0 Å². The van der Waals surface area contributed by atoms with Gasteiger partial charge in [-0.1, -0.05) is 24.3 Å². The molecule has 0 aromatic heterocycles. The number of anilines is 1. The Kier molecular flexibility index (Phi) is 4.65. The molecule has 2 amide bonds. The summed E-state index contributed by atoms with van der Waals surface area (Å²) in [7, 11) is 0. The average Bonchev–Trinajstić information content (AvgIpc) is 2.54. The van der Waals surface area contributed by atoms with Crippen molar-refractivity contribution in [2.24, 2.45) is 0 Å². The number of Topliss-reactive ketones (excluding diaryl/α,β-unsaturated/α-hetero) is 1. The van der Waals surface area contributed by atoms with Crippen molar-refractivity contribution >= 4 is 23.3 Å². The van der Waals surface area contributed by atoms with E-state index in [9.17, 15) is 14.4 Å². The quantitative estimate of drug-likeness (QED) is 0.458. The van der Waals surface area contributed by atoms with Crippen molar-refractivity contribution in [2.75, 3.05) is 5.32 Å². The van der Waals surface area contributed by atoms with Gasteiger partial charge in [-0.25, -0.2) is 5.48 Å². The predicted molar refractivity (Wildman–Crippen MR) is 80.1 cm³/mol. The topological polar surface area (TPSA) is 95.5 Å². The molecule has 0 aliphatic heterocycles. The van der Waals surface area contributed by atoms with E-state index in [4.69, 9.17) is 5.21 Å². The largest absolute Gasteiger partial charge is 0.322 e. The van der Waals surface area contributed by atoms with E-state index in [1.165, 1.54) is 24.5 Å². The molecule has 0 saturated carbocycles. The van der Waals surface area contributed by atoms with Gasteiger partial charge in [-0.3, -0.25) is 19.6 Å². The van der Waals surface area contributed by atoms with Gasteiger partial charge in [0.05, 0.1) is 11.1 Å². The summed E-state index contributed by atoms with van der Waals surface area (Å²) in [5, 5.41) is 11.3. The molecular formula is C16H14N2O4. The highest BCUT2D eigenvalue weighted by atomic mass is 16.5. The van der Waals surface area contributed by atoms with Gasteiger partial charge in [0.2, 0.25) is 0 Å². The summed E-state index contributed by atoms with van der Waals surface area (Å²) in [6.07, 6.45) is 0. The van der Waals surface area contributed by atoms with Gasteiger partial charge in [0.15, 0.2) is 5.78 Å². The standard InChI is InChI=1S/C16H14N2O4/c1-10(19)11-5-4-6-12(9-11)17-15(20)13-7-2-3-8-14(13)16(21)18-22/h2-9,22H,1H3,(H,17,20)(H,18,21). The molecule has 0 aliphatic rings. The van der Waals surface area contributed by atoms with Gasteiger partial charge in [-0.2, -0.15) is 0 Å². The summed E-state index contributed by atoms with van der Waals surface area (Å²) in [6.45, 7) is 1.43. The Morgan fingerprint density at radius 2 is 1.55 bits per heavy atom. The van der Waals surface area contributed by atoms with E-state index in [1.54, 1.807) is 36.4 Å². The zero-order valence-corrected chi connectivity index (χ0v) is 11.8. The lowest BCUT2D eigenvalue weighted by Gasteiger charge is -2.09. The normalized spacial score (nSPS) is 9.91. The molecule has 0 fully saturated rings. The number of carbonyl (C=O) groups excluding carboxylic acids is 3. The van der Waals surface area contributed by atoms with Gasteiger partial charge in [0.25, 0.3) is 11.8 Å². The average molecular weight is 298 g/mol. The van der Waals surface area contributed by atoms with Crippen LogP contribution in [0.4, 0.5) is 5.69 Å². The first kappa shape index (κ1) is 15.4. The molecule has 2 rings (SSSR count). The summed E-state index contributed by atoms with van der Waals surface area (Å²) in [5.41, 5.74) is 2.57. The molecule has 3 N–H and O–H groups in total. The van der Waals surface area contributed by atoms with Crippen LogP contribution in [0, 0.1) is 0 Å². The molecule has 6 heteroatoms. The third kappa shape index (κ3) is 3.36. The Bertz CT molecular complexity index is 740. The van der Waals surface area contributed by atoms with E-state index in [2.05, 4.69) is 5.32 Å². The van der Waals surface area contributed by atoms with Crippen molar-refractivity contribution in [1.82, 2.24) is 5.48 Å². The molecule has 0 heterocycles. The van der Waals surface area contributed by atoms with Gasteiger partial charge in [-0.05, 0) is 31.2 Å². The third-order valence-electron chi connectivity index (χ3n) is 3.04. The summed E-state index contributed by atoms with van der Waals surface area (Å²) in [6, 6.07) is 12.6. The predicted octanol–water partition coefficient (Wildman–Crippen LogP) is 2.26. The van der Waals surface area contributed by atoms with Crippen molar-refractivity contribution < 1.29 is 19.6 Å². The Morgan fingerprint density at radius 1 is 0.909 bits per heavy atom. The van der Waals surface area contributed by atoms with Crippen molar-refractivity contribution in [3.8, 4) is 0 Å². The number of nitrogens with one attached hydrogen (secondary N) is 2. The number of benzene rings is 2. The van der Waals surface area contributed by atoms with Crippen LogP contribution < -0.4 is 10.8 Å². The van der Waals surface area contributed by atoms with Crippen molar-refractivity contribution in [3.05, 3.63) is 65.2 Å². The number of hydrogen-bond acceptors (Lipinski definition) is 4. The van der Waals surface area contributed by atoms with Crippen LogP contribution in [0.15, 0.2) is 48.5 Å². The first-order valence-electron chi connectivity index (χ1n) is 6.48. The van der Waals surface area contributed by atoms with Crippen LogP contribution in [-0.4, -0.2) is 22.8 Å². The van der Waals surface area contributed by atoms with E-state index in [0.717, 1.165) is 0 Å². The van der Waals surface area contributed by atoms with Gasteiger partial charge in [-0.15, -0.1) is 0 Å². The molecule has 0 aliphatic carbocycles. The van der Waals surface area contributed by atoms with Crippen LogP contribution in [0.3, 0.4) is 0 Å². The summed E-state index contributed by atoms with van der Waals surface area (Å²) >= 11 is 0. The molecule has 2 aromatic carbocycles. The molecule has 0 atom stereocenters. The monoisotopic (exact) mass is 298 g/mol. The molecule has 0 bridgehead atoms. The molecule has 112 valence electrons. The lowest BCUT2D eigenvalue weighted by molar-refractivity contribution is 0.0703. The number of hydrogen-bond donors (Lipinski definition) is 3. The van der Waals surface area contributed by atoms with Gasteiger partial charge >= 0.3 is 0 Å². The van der Waals surface area contributed by atoms with Crippen LogP contribution in [0.2, 0.25) is 0 Å². The van der Waals surface area contributed by atoms with Gasteiger partial charge < -0.3 is 5.32 Å². The summed E-state index contributed by atoms with van der Waals surface area (Å²) in [4.78, 5) is 35.2. The Balaban J connectivity index is 2.28. The number of ketones is 1. The fourth-order valence-electron chi connectivity index (χ4n) is 1.95. The van der Waals surface area contributed by atoms with Crippen LogP contribution in [0.1, 0.15) is 38.0 Å². The molecule has 6 nitrogen and oxygen atoms in total. The second-order valence-corrected chi connectivity index (χ2v) is 4.58. The van der Waals surface area contributed by atoms with E-state index in [0.29, 0.717) is 11.3 Å². The SMILES string of the molecule is CC(=O)c1cccc(NC(=O)c2ccccc2C(=O)NO)c1. The van der Waals surface area contributed by atoms with Crippen molar-refractivity contribution in [1.29, 1.82) is 0 Å². The van der Waals surface area contributed by atoms with Crippen LogP contribution in [0.25, 0.3) is 0 Å². The van der Waals surface area contributed by atoms with E-state index < -0.39 is 11.8 Å². The maximum Gasteiger partial charge on any atom is 0.275 e. The molecule has 0 unspecified atom stereocenters. The smallest absolute Gasteiger partial charge is 0.275 e. The summed E-state index contributed by atoms with van der Waals surface area (Å²) < 4.78 is 0. The Hall–Kier alpha value is -2.99. The van der Waals surface area contributed by atoms with Gasteiger partial charge in [0, 0.05) is 11.3 Å². The number of hydroxylamine groups is 1. The Labute approximate surface area is 126 Å². The zero-order valence-electron chi connectivity index (χ0n) is 11.8. The lowest BCUT2D eigenvalue weighted by atomic mass is 10.1. The van der Waals surface area contributed by atoms with Crippen molar-refractivity contribution in [2.45, 2.75) is 6.92 Å². The molecule has 0 saturated heterocycles. The first-order chi connectivity index (χ1) is 10.5. The first-order valence-corrected chi connectivity index (χ1v) is 6.48.